The van der Waals surface area contributed by atoms with Crippen molar-refractivity contribution >= 4 is 12.2 Å². The Morgan fingerprint density at radius 1 is 0.647 bits per heavy atom. The van der Waals surface area contributed by atoms with Gasteiger partial charge in [0.25, 0.3) is 0 Å². The molecule has 3 aromatic carbocycles. The van der Waals surface area contributed by atoms with E-state index in [9.17, 15) is 0 Å². The molecule has 3 aromatic rings. The van der Waals surface area contributed by atoms with E-state index in [0.717, 1.165) is 5.56 Å². The first-order valence-electron chi connectivity index (χ1n) is 11.1. The van der Waals surface area contributed by atoms with Crippen LogP contribution < -0.4 is 11.5 Å². The minimum Gasteiger partial charge on any atom is -0.381 e. The van der Waals surface area contributed by atoms with Crippen molar-refractivity contribution in [2.75, 3.05) is 0 Å². The Hall–Kier alpha value is -3.42. The molecule has 0 spiro atoms. The van der Waals surface area contributed by atoms with Crippen LogP contribution in [0.4, 0.5) is 0 Å². The van der Waals surface area contributed by atoms with Crippen molar-refractivity contribution in [1.29, 1.82) is 0 Å². The van der Waals surface area contributed by atoms with E-state index in [4.69, 9.17) is 16.6 Å². The van der Waals surface area contributed by atoms with Gasteiger partial charge in [-0.05, 0) is 44.0 Å². The van der Waals surface area contributed by atoms with E-state index in [2.05, 4.69) is 36.1 Å². The molecule has 0 saturated heterocycles. The van der Waals surface area contributed by atoms with Gasteiger partial charge in [-0.1, -0.05) is 122 Å². The van der Waals surface area contributed by atoms with E-state index in [1.54, 1.807) is 6.92 Å². The maximum atomic E-state index is 8.84. The summed E-state index contributed by atoms with van der Waals surface area (Å²) in [6.45, 7) is 5.56. The molecule has 0 aliphatic carbocycles. The molecule has 3 atom stereocenters. The molecule has 0 heterocycles. The molecule has 0 aliphatic heterocycles. The highest BCUT2D eigenvalue weighted by Gasteiger charge is 1.86. The summed E-state index contributed by atoms with van der Waals surface area (Å²) in [5, 5.41) is 8.84. The maximum Gasteiger partial charge on any atom is 0.112 e. The van der Waals surface area contributed by atoms with Gasteiger partial charge in [-0.25, -0.2) is 0 Å². The summed E-state index contributed by atoms with van der Waals surface area (Å²) in [6, 6.07) is 30.2. The van der Waals surface area contributed by atoms with Gasteiger partial charge in [0, 0.05) is 17.6 Å². The Morgan fingerprint density at radius 2 is 1.00 bits per heavy atom. The average Bonchev–Trinajstić information content (AvgIpc) is 2.83. The molecule has 0 aromatic heterocycles. The molecule has 3 heteroatoms. The minimum atomic E-state index is -0.546. The summed E-state index contributed by atoms with van der Waals surface area (Å²) < 4.78 is 0. The molecule has 3 unspecified atom stereocenters. The van der Waals surface area contributed by atoms with Crippen LogP contribution in [-0.2, 0) is 0 Å². The van der Waals surface area contributed by atoms with E-state index in [1.165, 1.54) is 11.1 Å². The lowest BCUT2D eigenvalue weighted by atomic mass is 10.2. The third-order valence-corrected chi connectivity index (χ3v) is 3.98. The van der Waals surface area contributed by atoms with Gasteiger partial charge in [0.15, 0.2) is 0 Å². The van der Waals surface area contributed by atoms with Crippen molar-refractivity contribution in [3.8, 4) is 11.8 Å². The molecular weight excluding hydrogens is 416 g/mol. The predicted molar refractivity (Wildman–Crippen MR) is 150 cm³/mol. The quantitative estimate of drug-likeness (QED) is 0.412. The molecule has 0 fully saturated rings. The fourth-order valence-electron chi connectivity index (χ4n) is 2.36. The van der Waals surface area contributed by atoms with Gasteiger partial charge in [-0.3, -0.25) is 0 Å². The molecular formula is C31H40N2O. The fourth-order valence-corrected chi connectivity index (χ4v) is 2.36. The largest absolute Gasteiger partial charge is 0.381 e. The summed E-state index contributed by atoms with van der Waals surface area (Å²) in [4.78, 5) is 0. The van der Waals surface area contributed by atoms with Gasteiger partial charge in [-0.2, -0.15) is 0 Å². The highest BCUT2D eigenvalue weighted by Crippen LogP contribution is 2.01. The third-order valence-electron chi connectivity index (χ3n) is 3.98. The number of rotatable bonds is 4. The minimum absolute atomic E-state index is 0. The summed E-state index contributed by atoms with van der Waals surface area (Å²) in [5.74, 6) is 5.51. The van der Waals surface area contributed by atoms with E-state index < -0.39 is 6.10 Å². The van der Waals surface area contributed by atoms with Gasteiger partial charge in [0.2, 0.25) is 0 Å². The summed E-state index contributed by atoms with van der Waals surface area (Å²) in [6.07, 6.45) is 7.48. The van der Waals surface area contributed by atoms with Crippen LogP contribution in [0.15, 0.2) is 103 Å². The Kier molecular flexibility index (Phi) is 17.2. The van der Waals surface area contributed by atoms with Crippen LogP contribution in [0, 0.1) is 11.8 Å². The van der Waals surface area contributed by atoms with Crippen molar-refractivity contribution in [1.82, 2.24) is 0 Å². The molecule has 3 nitrogen and oxygen atoms in total. The fraction of sp³-hybridized carbons (Fsp3) is 0.226. The lowest BCUT2D eigenvalue weighted by molar-refractivity contribution is 0.253. The standard InChI is InChI=1S/2C10H13N.C10H10O.CH4/c3*1-9(11)7-8-10-5-3-2-4-6-10;/h2*2-9H,11H2,1H3;2-6,9,11H,1H3;1H4/b8-7+;8-7-;;. The summed E-state index contributed by atoms with van der Waals surface area (Å²) in [7, 11) is 0. The highest BCUT2D eigenvalue weighted by molar-refractivity contribution is 5.49. The zero-order valence-electron chi connectivity index (χ0n) is 19.8. The smallest absolute Gasteiger partial charge is 0.112 e. The lowest BCUT2D eigenvalue weighted by Crippen LogP contribution is -2.09. The first-order valence-corrected chi connectivity index (χ1v) is 11.1. The second kappa shape index (κ2) is 19.1. The molecule has 0 radical (unpaired) electrons. The van der Waals surface area contributed by atoms with Gasteiger partial charge in [-0.15, -0.1) is 0 Å². The Balaban J connectivity index is 0.000000473. The number of nitrogens with two attached hydrogens (primary N) is 2. The van der Waals surface area contributed by atoms with Crippen LogP contribution in [0.2, 0.25) is 0 Å². The van der Waals surface area contributed by atoms with Gasteiger partial charge < -0.3 is 16.6 Å². The lowest BCUT2D eigenvalue weighted by Gasteiger charge is -1.94. The molecule has 0 amide bonds. The number of hydrogen-bond donors (Lipinski definition) is 3. The molecule has 34 heavy (non-hydrogen) atoms. The van der Waals surface area contributed by atoms with Crippen molar-refractivity contribution in [2.24, 2.45) is 11.5 Å². The zero-order valence-corrected chi connectivity index (χ0v) is 19.8. The van der Waals surface area contributed by atoms with Crippen molar-refractivity contribution < 1.29 is 5.11 Å². The van der Waals surface area contributed by atoms with Crippen LogP contribution in [0.1, 0.15) is 44.9 Å². The molecule has 0 bridgehead atoms. The third kappa shape index (κ3) is 17.2. The number of aliphatic hydroxyl groups is 1. The Bertz CT molecular complexity index is 928. The normalized spacial score (nSPS) is 12.5. The van der Waals surface area contributed by atoms with Crippen molar-refractivity contribution in [2.45, 2.75) is 46.4 Å². The van der Waals surface area contributed by atoms with E-state index in [1.807, 2.05) is 105 Å². The SMILES string of the molecule is C.CC(N)/C=C/c1ccccc1.CC(N)/C=C\c1ccccc1.CC(O)C#Cc1ccccc1. The van der Waals surface area contributed by atoms with Crippen molar-refractivity contribution in [3.63, 3.8) is 0 Å². The van der Waals surface area contributed by atoms with Crippen LogP contribution in [0.3, 0.4) is 0 Å². The molecule has 5 N–H and O–H groups in total. The van der Waals surface area contributed by atoms with Crippen LogP contribution in [-0.4, -0.2) is 23.3 Å². The number of hydrogen-bond acceptors (Lipinski definition) is 3. The second-order valence-electron chi connectivity index (χ2n) is 7.57. The van der Waals surface area contributed by atoms with E-state index in [-0.39, 0.29) is 19.5 Å². The van der Waals surface area contributed by atoms with Crippen LogP contribution >= 0.6 is 0 Å². The number of aliphatic hydroxyl groups excluding tert-OH is 1. The maximum absolute atomic E-state index is 8.84. The van der Waals surface area contributed by atoms with Gasteiger partial charge >= 0.3 is 0 Å². The topological polar surface area (TPSA) is 72.3 Å². The van der Waals surface area contributed by atoms with Crippen molar-refractivity contribution in [3.05, 3.63) is 120 Å². The second-order valence-corrected chi connectivity index (χ2v) is 7.57. The summed E-state index contributed by atoms with van der Waals surface area (Å²) in [5.41, 5.74) is 14.4. The zero-order chi connectivity index (χ0) is 24.3. The highest BCUT2D eigenvalue weighted by atomic mass is 16.3. The molecule has 0 aliphatic rings. The molecule has 3 rings (SSSR count). The molecule has 0 saturated carbocycles. The molecule has 180 valence electrons. The first-order chi connectivity index (χ1) is 15.9. The average molecular weight is 457 g/mol. The first kappa shape index (κ1) is 30.6. The predicted octanol–water partition coefficient (Wildman–Crippen LogP) is 6.15. The Morgan fingerprint density at radius 3 is 1.32 bits per heavy atom. The van der Waals surface area contributed by atoms with Crippen LogP contribution in [0.25, 0.3) is 12.2 Å². The summed E-state index contributed by atoms with van der Waals surface area (Å²) >= 11 is 0. The van der Waals surface area contributed by atoms with Gasteiger partial charge in [0.05, 0.1) is 0 Å². The van der Waals surface area contributed by atoms with E-state index in [0.29, 0.717) is 0 Å². The van der Waals surface area contributed by atoms with E-state index >= 15 is 0 Å². The monoisotopic (exact) mass is 456 g/mol. The number of benzene rings is 3. The van der Waals surface area contributed by atoms with Crippen LogP contribution in [0.5, 0.6) is 0 Å². The Labute approximate surface area is 206 Å². The van der Waals surface area contributed by atoms with Gasteiger partial charge in [0.1, 0.15) is 6.10 Å².